The number of para-hydroxylation sites is 1. The summed E-state index contributed by atoms with van der Waals surface area (Å²) in [7, 11) is -3.56. The minimum absolute atomic E-state index is 0.00895. The van der Waals surface area contributed by atoms with Gasteiger partial charge in [-0.2, -0.15) is 4.98 Å². The summed E-state index contributed by atoms with van der Waals surface area (Å²) in [5.41, 5.74) is 4.16. The second-order valence-electron chi connectivity index (χ2n) is 9.58. The fourth-order valence-corrected chi connectivity index (χ4v) is 5.79. The lowest BCUT2D eigenvalue weighted by Crippen LogP contribution is -2.49. The average Bonchev–Trinajstić information content (AvgIpc) is 3.29. The lowest BCUT2D eigenvalue weighted by Gasteiger charge is -2.33. The molecule has 10 nitrogen and oxygen atoms in total. The Morgan fingerprint density at radius 1 is 1.16 bits per heavy atom. The SMILES string of the molecule is C[C@@H]1CN(c2ccc(Nc3ncc4ccn(Cc5ccccc5N(CCO)S(C)(=O)=O)c4n3)cc2)CCN1. The molecule has 5 rings (SSSR count). The van der Waals surface area contributed by atoms with Crippen LogP contribution in [0.5, 0.6) is 0 Å². The van der Waals surface area contributed by atoms with Gasteiger partial charge in [0.15, 0.2) is 0 Å². The third-order valence-corrected chi connectivity index (χ3v) is 7.84. The number of aliphatic hydroxyl groups excluding tert-OH is 1. The van der Waals surface area contributed by atoms with Crippen LogP contribution in [0, 0.1) is 0 Å². The summed E-state index contributed by atoms with van der Waals surface area (Å²) in [5.74, 6) is 0.479. The molecule has 3 heterocycles. The second-order valence-corrected chi connectivity index (χ2v) is 11.5. The van der Waals surface area contributed by atoms with Crippen molar-refractivity contribution in [1.82, 2.24) is 19.9 Å². The first-order valence-electron chi connectivity index (χ1n) is 12.7. The normalized spacial score (nSPS) is 16.1. The van der Waals surface area contributed by atoms with E-state index < -0.39 is 10.0 Å². The molecular formula is C27H33N7O3S. The van der Waals surface area contributed by atoms with Crippen molar-refractivity contribution < 1.29 is 13.5 Å². The fourth-order valence-electron chi connectivity index (χ4n) is 4.84. The van der Waals surface area contributed by atoms with E-state index in [1.165, 1.54) is 9.99 Å². The largest absolute Gasteiger partial charge is 0.394 e. The van der Waals surface area contributed by atoms with Crippen LogP contribution >= 0.6 is 0 Å². The van der Waals surface area contributed by atoms with E-state index in [1.807, 2.05) is 41.1 Å². The molecule has 0 aliphatic carbocycles. The molecule has 1 saturated heterocycles. The molecule has 3 N–H and O–H groups in total. The summed E-state index contributed by atoms with van der Waals surface area (Å²) in [4.78, 5) is 11.6. The highest BCUT2D eigenvalue weighted by Gasteiger charge is 2.20. The van der Waals surface area contributed by atoms with E-state index >= 15 is 0 Å². The molecule has 11 heteroatoms. The average molecular weight is 536 g/mol. The van der Waals surface area contributed by atoms with E-state index in [2.05, 4.69) is 39.6 Å². The molecule has 2 aromatic carbocycles. The number of anilines is 4. The van der Waals surface area contributed by atoms with E-state index in [1.54, 1.807) is 18.3 Å². The Bertz CT molecular complexity index is 1500. The predicted octanol–water partition coefficient (Wildman–Crippen LogP) is 2.78. The smallest absolute Gasteiger partial charge is 0.232 e. The summed E-state index contributed by atoms with van der Waals surface area (Å²) in [6.07, 6.45) is 4.84. The molecule has 0 saturated carbocycles. The first-order chi connectivity index (χ1) is 18.3. The summed E-state index contributed by atoms with van der Waals surface area (Å²) in [6, 6.07) is 18.0. The zero-order valence-corrected chi connectivity index (χ0v) is 22.4. The summed E-state index contributed by atoms with van der Waals surface area (Å²) < 4.78 is 28.0. The van der Waals surface area contributed by atoms with Crippen molar-refractivity contribution in [3.05, 3.63) is 72.6 Å². The van der Waals surface area contributed by atoms with Crippen LogP contribution in [0.3, 0.4) is 0 Å². The minimum Gasteiger partial charge on any atom is -0.394 e. The van der Waals surface area contributed by atoms with E-state index in [0.29, 0.717) is 24.2 Å². The van der Waals surface area contributed by atoms with Crippen molar-refractivity contribution in [2.45, 2.75) is 19.5 Å². The molecule has 1 aliphatic heterocycles. The van der Waals surface area contributed by atoms with Crippen LogP contribution in [0.1, 0.15) is 12.5 Å². The lowest BCUT2D eigenvalue weighted by atomic mass is 10.1. The zero-order valence-electron chi connectivity index (χ0n) is 21.6. The van der Waals surface area contributed by atoms with Crippen molar-refractivity contribution in [2.75, 3.05) is 53.6 Å². The fraction of sp³-hybridized carbons (Fsp3) is 0.333. The van der Waals surface area contributed by atoms with Gasteiger partial charge in [-0.3, -0.25) is 4.31 Å². The van der Waals surface area contributed by atoms with E-state index in [4.69, 9.17) is 4.98 Å². The molecule has 0 spiro atoms. The Labute approximate surface area is 223 Å². The molecule has 1 aliphatic rings. The maximum absolute atomic E-state index is 12.4. The molecule has 38 heavy (non-hydrogen) atoms. The van der Waals surface area contributed by atoms with Crippen LogP contribution in [0.4, 0.5) is 23.0 Å². The van der Waals surface area contributed by atoms with Crippen molar-refractivity contribution >= 4 is 44.1 Å². The van der Waals surface area contributed by atoms with Crippen molar-refractivity contribution in [3.8, 4) is 0 Å². The highest BCUT2D eigenvalue weighted by atomic mass is 32.2. The maximum Gasteiger partial charge on any atom is 0.232 e. The summed E-state index contributed by atoms with van der Waals surface area (Å²) in [5, 5.41) is 17.1. The Morgan fingerprint density at radius 2 is 1.95 bits per heavy atom. The van der Waals surface area contributed by atoms with E-state index in [-0.39, 0.29) is 13.2 Å². The van der Waals surface area contributed by atoms with Crippen LogP contribution in [-0.2, 0) is 16.6 Å². The van der Waals surface area contributed by atoms with Crippen LogP contribution in [0.15, 0.2) is 67.0 Å². The topological polar surface area (TPSA) is 116 Å². The van der Waals surface area contributed by atoms with Crippen molar-refractivity contribution in [3.63, 3.8) is 0 Å². The monoisotopic (exact) mass is 535 g/mol. The lowest BCUT2D eigenvalue weighted by molar-refractivity contribution is 0.306. The number of hydrogen-bond acceptors (Lipinski definition) is 8. The third-order valence-electron chi connectivity index (χ3n) is 6.66. The molecule has 0 amide bonds. The number of aromatic nitrogens is 3. The number of hydrogen-bond donors (Lipinski definition) is 3. The molecule has 1 fully saturated rings. The van der Waals surface area contributed by atoms with Crippen molar-refractivity contribution in [1.29, 1.82) is 0 Å². The van der Waals surface area contributed by atoms with Crippen LogP contribution in [-0.4, -0.2) is 73.1 Å². The molecule has 4 aromatic rings. The number of nitrogens with one attached hydrogen (secondary N) is 2. The summed E-state index contributed by atoms with van der Waals surface area (Å²) in [6.45, 7) is 5.27. The van der Waals surface area contributed by atoms with Crippen LogP contribution in [0.25, 0.3) is 11.0 Å². The Balaban J connectivity index is 1.37. The number of aliphatic hydroxyl groups is 1. The van der Waals surface area contributed by atoms with Gasteiger partial charge in [-0.1, -0.05) is 18.2 Å². The highest BCUT2D eigenvalue weighted by molar-refractivity contribution is 7.92. The molecule has 0 unspecified atom stereocenters. The van der Waals surface area contributed by atoms with Gasteiger partial charge in [-0.25, -0.2) is 13.4 Å². The van der Waals surface area contributed by atoms with Crippen LogP contribution in [0.2, 0.25) is 0 Å². The number of nitrogens with zero attached hydrogens (tertiary/aromatic N) is 5. The zero-order chi connectivity index (χ0) is 26.7. The predicted molar refractivity (Wildman–Crippen MR) is 152 cm³/mol. The highest BCUT2D eigenvalue weighted by Crippen LogP contribution is 2.26. The van der Waals surface area contributed by atoms with Gasteiger partial charge in [-0.15, -0.1) is 0 Å². The van der Waals surface area contributed by atoms with E-state index in [9.17, 15) is 13.5 Å². The maximum atomic E-state index is 12.4. The Kier molecular flexibility index (Phi) is 7.50. The quantitative estimate of drug-likeness (QED) is 0.300. The molecule has 0 bridgehead atoms. The molecular weight excluding hydrogens is 502 g/mol. The minimum atomic E-state index is -3.56. The van der Waals surface area contributed by atoms with E-state index in [0.717, 1.165) is 48.2 Å². The second kappa shape index (κ2) is 11.0. The number of fused-ring (bicyclic) bond motifs is 1. The number of sulfonamides is 1. The number of piperazine rings is 1. The van der Waals surface area contributed by atoms with Gasteiger partial charge in [0.25, 0.3) is 0 Å². The first-order valence-corrected chi connectivity index (χ1v) is 14.5. The van der Waals surface area contributed by atoms with Gasteiger partial charge < -0.3 is 25.2 Å². The Morgan fingerprint density at radius 3 is 2.68 bits per heavy atom. The van der Waals surface area contributed by atoms with Gasteiger partial charge in [0, 0.05) is 54.8 Å². The molecule has 1 atom stereocenters. The standard InChI is InChI=1S/C27H33N7O3S/c1-20-18-32(14-12-28-20)24-9-7-23(8-10-24)30-27-29-17-21-11-13-33(26(21)31-27)19-22-5-3-4-6-25(22)34(15-16-35)38(2,36)37/h3-11,13,17,20,28,35H,12,14-16,18-19H2,1-2H3,(H,29,30,31)/t20-/m1/s1. The van der Waals surface area contributed by atoms with Crippen LogP contribution < -0.4 is 19.8 Å². The van der Waals surface area contributed by atoms with Gasteiger partial charge in [0.1, 0.15) is 5.65 Å². The number of benzene rings is 2. The molecule has 0 radical (unpaired) electrons. The molecule has 200 valence electrons. The first kappa shape index (κ1) is 26.0. The van der Waals surface area contributed by atoms with Gasteiger partial charge in [0.05, 0.1) is 31.6 Å². The van der Waals surface area contributed by atoms with Crippen molar-refractivity contribution in [2.24, 2.45) is 0 Å². The third kappa shape index (κ3) is 5.74. The number of rotatable bonds is 9. The Hall–Kier alpha value is -3.67. The molecule has 2 aromatic heterocycles. The van der Waals surface area contributed by atoms with Gasteiger partial charge in [-0.05, 0) is 48.9 Å². The summed E-state index contributed by atoms with van der Waals surface area (Å²) >= 11 is 0. The van der Waals surface area contributed by atoms with Gasteiger partial charge in [0.2, 0.25) is 16.0 Å². The van der Waals surface area contributed by atoms with Gasteiger partial charge >= 0.3 is 0 Å².